The quantitative estimate of drug-likeness (QED) is 0.571. The fraction of sp³-hybridized carbons (Fsp3) is 0.818. The molecule has 0 N–H and O–H groups in total. The third-order valence-electron chi connectivity index (χ3n) is 3.79. The van der Waals surface area contributed by atoms with Crippen molar-refractivity contribution in [2.75, 3.05) is 11.9 Å². The Kier molecular flexibility index (Phi) is 2.77. The lowest BCUT2D eigenvalue weighted by molar-refractivity contribution is -0.196. The van der Waals surface area contributed by atoms with Crippen LogP contribution in [-0.4, -0.2) is 39.8 Å². The number of morpholine rings is 1. The average molecular weight is 290 g/mol. The molecular weight excluding hydrogens is 274 g/mol. The molecule has 2 aliphatic heterocycles. The van der Waals surface area contributed by atoms with Crippen molar-refractivity contribution in [3.05, 3.63) is 0 Å². The number of halogens is 1. The van der Waals surface area contributed by atoms with Crippen molar-refractivity contribution in [1.29, 1.82) is 0 Å². The molecule has 2 fully saturated rings. The molecule has 16 heavy (non-hydrogen) atoms. The van der Waals surface area contributed by atoms with E-state index in [-0.39, 0.29) is 11.9 Å². The Labute approximate surface area is 103 Å². The van der Waals surface area contributed by atoms with Crippen LogP contribution in [0, 0.1) is 0 Å². The molecule has 2 heterocycles. The number of alkyl halides is 1. The molecule has 5 heteroatoms. The number of hydrogen-bond donors (Lipinski definition) is 0. The van der Waals surface area contributed by atoms with E-state index < -0.39 is 11.1 Å². The van der Waals surface area contributed by atoms with Crippen LogP contribution in [0.2, 0.25) is 0 Å². The molecule has 1 unspecified atom stereocenters. The minimum atomic E-state index is -0.985. The van der Waals surface area contributed by atoms with Gasteiger partial charge in [0, 0.05) is 6.54 Å². The molecular formula is C11H16BrNO3. The Morgan fingerprint density at radius 1 is 1.50 bits per heavy atom. The molecule has 2 aliphatic rings. The molecule has 2 rings (SSSR count). The van der Waals surface area contributed by atoms with Gasteiger partial charge in [-0.15, -0.1) is 0 Å². The lowest BCUT2D eigenvalue weighted by Crippen LogP contribution is -2.66. The number of fused-ring (bicyclic) bond motifs is 1. The van der Waals surface area contributed by atoms with Crippen molar-refractivity contribution in [2.45, 2.75) is 44.2 Å². The van der Waals surface area contributed by atoms with Gasteiger partial charge in [-0.25, -0.2) is 4.79 Å². The Bertz CT molecular complexity index is 340. The van der Waals surface area contributed by atoms with Gasteiger partial charge in [-0.1, -0.05) is 22.9 Å². The van der Waals surface area contributed by atoms with E-state index >= 15 is 0 Å². The van der Waals surface area contributed by atoms with Crippen molar-refractivity contribution in [3.8, 4) is 0 Å². The van der Waals surface area contributed by atoms with Crippen molar-refractivity contribution in [2.24, 2.45) is 0 Å². The highest BCUT2D eigenvalue weighted by Crippen LogP contribution is 2.40. The first-order valence-electron chi connectivity index (χ1n) is 5.61. The summed E-state index contributed by atoms with van der Waals surface area (Å²) in [6.07, 6.45) is 2.09. The van der Waals surface area contributed by atoms with Crippen LogP contribution in [0.1, 0.15) is 33.1 Å². The maximum Gasteiger partial charge on any atom is 0.332 e. The van der Waals surface area contributed by atoms with Gasteiger partial charge in [0.2, 0.25) is 0 Å². The summed E-state index contributed by atoms with van der Waals surface area (Å²) < 4.78 is 5.42. The summed E-state index contributed by atoms with van der Waals surface area (Å²) in [5.41, 5.74) is -1.71. The van der Waals surface area contributed by atoms with E-state index in [1.54, 1.807) is 11.8 Å². The number of amides is 1. The molecule has 0 aromatic heterocycles. The van der Waals surface area contributed by atoms with Crippen molar-refractivity contribution in [3.63, 3.8) is 0 Å². The van der Waals surface area contributed by atoms with E-state index in [2.05, 4.69) is 15.9 Å². The Morgan fingerprint density at radius 2 is 2.19 bits per heavy atom. The van der Waals surface area contributed by atoms with Crippen LogP contribution in [-0.2, 0) is 14.3 Å². The SMILES string of the molecule is CC[C@@]1(CBr)OC(=O)C2(C)CCCN2C1=O. The zero-order valence-corrected chi connectivity index (χ0v) is 11.2. The molecule has 4 nitrogen and oxygen atoms in total. The zero-order valence-electron chi connectivity index (χ0n) is 9.59. The number of ether oxygens (including phenoxy) is 1. The molecule has 0 aliphatic carbocycles. The van der Waals surface area contributed by atoms with Gasteiger partial charge in [0.15, 0.2) is 5.60 Å². The van der Waals surface area contributed by atoms with Crippen LogP contribution in [0.5, 0.6) is 0 Å². The minimum Gasteiger partial charge on any atom is -0.446 e. The summed E-state index contributed by atoms with van der Waals surface area (Å²) in [4.78, 5) is 26.1. The summed E-state index contributed by atoms with van der Waals surface area (Å²) in [5, 5.41) is 0.369. The van der Waals surface area contributed by atoms with Crippen LogP contribution in [0.3, 0.4) is 0 Å². The fourth-order valence-electron chi connectivity index (χ4n) is 2.48. The Balaban J connectivity index is 2.39. The maximum atomic E-state index is 12.4. The average Bonchev–Trinajstić information content (AvgIpc) is 2.68. The van der Waals surface area contributed by atoms with Gasteiger partial charge >= 0.3 is 5.97 Å². The van der Waals surface area contributed by atoms with Crippen LogP contribution >= 0.6 is 15.9 Å². The molecule has 0 spiro atoms. The predicted octanol–water partition coefficient (Wildman–Crippen LogP) is 1.47. The number of nitrogens with zero attached hydrogens (tertiary/aromatic N) is 1. The van der Waals surface area contributed by atoms with Gasteiger partial charge in [-0.2, -0.15) is 0 Å². The van der Waals surface area contributed by atoms with Crippen molar-refractivity contribution < 1.29 is 14.3 Å². The lowest BCUT2D eigenvalue weighted by Gasteiger charge is -2.46. The van der Waals surface area contributed by atoms with Crippen LogP contribution < -0.4 is 0 Å². The molecule has 2 saturated heterocycles. The van der Waals surface area contributed by atoms with E-state index in [4.69, 9.17) is 4.74 Å². The van der Waals surface area contributed by atoms with Crippen molar-refractivity contribution in [1.82, 2.24) is 4.90 Å². The summed E-state index contributed by atoms with van der Waals surface area (Å²) >= 11 is 3.29. The molecule has 0 saturated carbocycles. The van der Waals surface area contributed by atoms with E-state index in [1.807, 2.05) is 6.92 Å². The molecule has 0 radical (unpaired) electrons. The predicted molar refractivity (Wildman–Crippen MR) is 62.3 cm³/mol. The molecule has 1 amide bonds. The van der Waals surface area contributed by atoms with Gasteiger partial charge in [0.1, 0.15) is 5.54 Å². The summed E-state index contributed by atoms with van der Waals surface area (Å²) in [6.45, 7) is 4.33. The van der Waals surface area contributed by atoms with Crippen molar-refractivity contribution >= 4 is 27.8 Å². The highest BCUT2D eigenvalue weighted by molar-refractivity contribution is 9.09. The number of esters is 1. The van der Waals surface area contributed by atoms with Crippen LogP contribution in [0.4, 0.5) is 0 Å². The molecule has 2 atom stereocenters. The molecule has 0 aromatic carbocycles. The molecule has 0 aromatic rings. The van der Waals surface area contributed by atoms with Gasteiger partial charge in [-0.3, -0.25) is 4.79 Å². The Hall–Kier alpha value is -0.580. The third-order valence-corrected chi connectivity index (χ3v) is 4.70. The van der Waals surface area contributed by atoms with Gasteiger partial charge < -0.3 is 9.64 Å². The second-order valence-corrected chi connectivity index (χ2v) is 5.27. The Morgan fingerprint density at radius 3 is 2.75 bits per heavy atom. The lowest BCUT2D eigenvalue weighted by atomic mass is 9.91. The number of carbonyl (C=O) groups is 2. The first-order chi connectivity index (χ1) is 7.50. The van der Waals surface area contributed by atoms with Crippen LogP contribution in [0.25, 0.3) is 0 Å². The smallest absolute Gasteiger partial charge is 0.332 e. The highest BCUT2D eigenvalue weighted by Gasteiger charge is 2.59. The monoisotopic (exact) mass is 289 g/mol. The largest absolute Gasteiger partial charge is 0.446 e. The number of hydrogen-bond acceptors (Lipinski definition) is 3. The molecule has 90 valence electrons. The second-order valence-electron chi connectivity index (χ2n) is 4.71. The van der Waals surface area contributed by atoms with E-state index in [0.717, 1.165) is 6.42 Å². The summed E-state index contributed by atoms with van der Waals surface area (Å²) in [5.74, 6) is -0.308. The standard InChI is InChI=1S/C11H16BrNO3/c1-3-11(7-12)8(14)13-6-4-5-10(13,2)9(15)16-11/h3-7H2,1-2H3/t10?,11-/m0/s1. The number of cyclic esters (lactones) is 1. The normalized spacial score (nSPS) is 38.6. The second kappa shape index (κ2) is 3.72. The summed E-state index contributed by atoms with van der Waals surface area (Å²) in [7, 11) is 0. The molecule has 0 bridgehead atoms. The van der Waals surface area contributed by atoms with Gasteiger partial charge in [0.25, 0.3) is 5.91 Å². The first kappa shape index (κ1) is 11.9. The van der Waals surface area contributed by atoms with E-state index in [0.29, 0.717) is 24.7 Å². The maximum absolute atomic E-state index is 12.4. The number of rotatable bonds is 2. The number of carbonyl (C=O) groups excluding carboxylic acids is 2. The van der Waals surface area contributed by atoms with Gasteiger partial charge in [-0.05, 0) is 26.2 Å². The van der Waals surface area contributed by atoms with E-state index in [9.17, 15) is 9.59 Å². The highest BCUT2D eigenvalue weighted by atomic mass is 79.9. The topological polar surface area (TPSA) is 46.6 Å². The summed E-state index contributed by atoms with van der Waals surface area (Å²) in [6, 6.07) is 0. The zero-order chi connectivity index (χ0) is 12.0. The fourth-order valence-corrected chi connectivity index (χ4v) is 3.23. The minimum absolute atomic E-state index is 0.0496. The van der Waals surface area contributed by atoms with Crippen LogP contribution in [0.15, 0.2) is 0 Å². The third kappa shape index (κ3) is 1.33. The first-order valence-corrected chi connectivity index (χ1v) is 6.74. The van der Waals surface area contributed by atoms with Gasteiger partial charge in [0.05, 0.1) is 5.33 Å². The van der Waals surface area contributed by atoms with E-state index in [1.165, 1.54) is 0 Å².